The highest BCUT2D eigenvalue weighted by molar-refractivity contribution is 5.99. The smallest absolute Gasteiger partial charge is 0.341 e. The van der Waals surface area contributed by atoms with Crippen LogP contribution in [0.2, 0.25) is 0 Å². The summed E-state index contributed by atoms with van der Waals surface area (Å²) in [6.45, 7) is 0.801. The quantitative estimate of drug-likeness (QED) is 0.402. The van der Waals surface area contributed by atoms with Gasteiger partial charge >= 0.3 is 11.5 Å². The van der Waals surface area contributed by atoms with Gasteiger partial charge in [0.1, 0.15) is 6.54 Å². The van der Waals surface area contributed by atoms with Crippen molar-refractivity contribution in [1.82, 2.24) is 14.5 Å². The highest BCUT2D eigenvalue weighted by Gasteiger charge is 2.37. The molecule has 4 aromatic heterocycles. The number of furan rings is 1. The van der Waals surface area contributed by atoms with E-state index < -0.39 is 0 Å². The molecule has 5 heterocycles. The number of rotatable bonds is 0. The van der Waals surface area contributed by atoms with E-state index in [0.717, 1.165) is 34.7 Å². The molecule has 0 unspecified atom stereocenters. The van der Waals surface area contributed by atoms with E-state index in [1.165, 1.54) is 5.56 Å². The normalized spacial score (nSPS) is 13.1. The summed E-state index contributed by atoms with van der Waals surface area (Å²) in [6.07, 6.45) is 3.59. The standard InChI is InChI=1S/C15H11N4O/c1-18-12-10-5-3-7-17-13(10)20-15(12)19-8-9-4-2-6-16-11(9)14(18)19/h2-7H,8H2,1H3/q+1. The highest BCUT2D eigenvalue weighted by Crippen LogP contribution is 2.33. The predicted octanol–water partition coefficient (Wildman–Crippen LogP) is 2.03. The molecule has 1 aliphatic rings. The van der Waals surface area contributed by atoms with Gasteiger partial charge in [0.05, 0.1) is 12.4 Å². The summed E-state index contributed by atoms with van der Waals surface area (Å²) in [6, 6.07) is 8.07. The largest absolute Gasteiger partial charge is 0.400 e. The van der Waals surface area contributed by atoms with Crippen molar-refractivity contribution in [3.05, 3.63) is 42.2 Å². The fourth-order valence-electron chi connectivity index (χ4n) is 3.17. The third kappa shape index (κ3) is 1.02. The number of fused-ring (bicyclic) bond motifs is 7. The monoisotopic (exact) mass is 263 g/mol. The maximum Gasteiger partial charge on any atom is 0.341 e. The second-order valence-electron chi connectivity index (χ2n) is 5.09. The first kappa shape index (κ1) is 10.1. The van der Waals surface area contributed by atoms with Crippen LogP contribution in [0.15, 0.2) is 41.1 Å². The molecule has 0 spiro atoms. The van der Waals surface area contributed by atoms with Crippen LogP contribution < -0.4 is 4.57 Å². The van der Waals surface area contributed by atoms with E-state index in [1.807, 2.05) is 24.4 Å². The van der Waals surface area contributed by atoms with Crippen LogP contribution in [0.25, 0.3) is 33.8 Å². The summed E-state index contributed by atoms with van der Waals surface area (Å²) in [5.41, 5.74) is 4.91. The lowest BCUT2D eigenvalue weighted by molar-refractivity contribution is -0.652. The zero-order chi connectivity index (χ0) is 13.3. The summed E-state index contributed by atoms with van der Waals surface area (Å²) < 4.78 is 10.3. The first-order valence-electron chi connectivity index (χ1n) is 6.54. The molecule has 0 N–H and O–H groups in total. The van der Waals surface area contributed by atoms with Crippen LogP contribution in [0, 0.1) is 0 Å². The fourth-order valence-corrected chi connectivity index (χ4v) is 3.17. The van der Waals surface area contributed by atoms with Gasteiger partial charge in [-0.15, -0.1) is 0 Å². The second-order valence-corrected chi connectivity index (χ2v) is 5.09. The lowest BCUT2D eigenvalue weighted by Crippen LogP contribution is -2.31. The molecule has 0 saturated carbocycles. The third-order valence-electron chi connectivity index (χ3n) is 4.01. The first-order chi connectivity index (χ1) is 9.84. The second kappa shape index (κ2) is 3.25. The molecule has 0 fully saturated rings. The molecule has 96 valence electrons. The van der Waals surface area contributed by atoms with Gasteiger partial charge in [0.2, 0.25) is 11.2 Å². The minimum absolute atomic E-state index is 0.687. The third-order valence-corrected chi connectivity index (χ3v) is 4.01. The van der Waals surface area contributed by atoms with Gasteiger partial charge in [0.25, 0.3) is 0 Å². The number of pyridine rings is 2. The average molecular weight is 263 g/mol. The van der Waals surface area contributed by atoms with Crippen LogP contribution in [-0.4, -0.2) is 14.5 Å². The molecule has 0 radical (unpaired) electrons. The van der Waals surface area contributed by atoms with E-state index in [0.29, 0.717) is 5.71 Å². The molecule has 0 aliphatic carbocycles. The van der Waals surface area contributed by atoms with E-state index in [1.54, 1.807) is 6.20 Å². The maximum absolute atomic E-state index is 5.95. The van der Waals surface area contributed by atoms with Crippen LogP contribution in [0.4, 0.5) is 0 Å². The van der Waals surface area contributed by atoms with Gasteiger partial charge in [-0.1, -0.05) is 6.07 Å². The van der Waals surface area contributed by atoms with Gasteiger partial charge in [0, 0.05) is 18.0 Å². The molecule has 5 heteroatoms. The topological polar surface area (TPSA) is 47.7 Å². The predicted molar refractivity (Wildman–Crippen MR) is 73.0 cm³/mol. The Hall–Kier alpha value is -2.69. The Morgan fingerprint density at radius 2 is 2.05 bits per heavy atom. The summed E-state index contributed by atoms with van der Waals surface area (Å²) in [5, 5.41) is 1.05. The Morgan fingerprint density at radius 3 is 3.00 bits per heavy atom. The Balaban J connectivity index is 1.98. The molecule has 20 heavy (non-hydrogen) atoms. The SMILES string of the molecule is Cn1c2[n+](c3oc4ncccc4c31)Cc1cccnc1-2. The Morgan fingerprint density at radius 1 is 1.20 bits per heavy atom. The van der Waals surface area contributed by atoms with E-state index in [2.05, 4.69) is 32.2 Å². The summed E-state index contributed by atoms with van der Waals surface area (Å²) >= 11 is 0. The van der Waals surface area contributed by atoms with Gasteiger partial charge < -0.3 is 4.42 Å². The van der Waals surface area contributed by atoms with Gasteiger partial charge in [-0.25, -0.2) is 14.5 Å². The van der Waals surface area contributed by atoms with Crippen LogP contribution >= 0.6 is 0 Å². The average Bonchev–Trinajstić information content (AvgIpc) is 3.10. The van der Waals surface area contributed by atoms with Crippen LogP contribution in [0.5, 0.6) is 0 Å². The minimum atomic E-state index is 0.687. The molecule has 4 aromatic rings. The van der Waals surface area contributed by atoms with Crippen molar-refractivity contribution >= 4 is 22.3 Å². The van der Waals surface area contributed by atoms with Crippen molar-refractivity contribution < 1.29 is 8.98 Å². The number of aromatic nitrogens is 4. The van der Waals surface area contributed by atoms with Gasteiger partial charge in [-0.2, -0.15) is 4.57 Å². The van der Waals surface area contributed by atoms with E-state index in [-0.39, 0.29) is 0 Å². The van der Waals surface area contributed by atoms with Crippen LogP contribution in [-0.2, 0) is 13.6 Å². The number of nitrogens with zero attached hydrogens (tertiary/aromatic N) is 4. The minimum Gasteiger partial charge on any atom is -0.400 e. The Bertz CT molecular complexity index is 996. The van der Waals surface area contributed by atoms with Gasteiger partial charge in [-0.3, -0.25) is 0 Å². The molecule has 0 aromatic carbocycles. The molecule has 0 saturated heterocycles. The van der Waals surface area contributed by atoms with E-state index >= 15 is 0 Å². The molecule has 0 amide bonds. The molecule has 5 nitrogen and oxygen atoms in total. The van der Waals surface area contributed by atoms with Crippen molar-refractivity contribution in [3.63, 3.8) is 0 Å². The molecular weight excluding hydrogens is 252 g/mol. The zero-order valence-corrected chi connectivity index (χ0v) is 10.9. The molecule has 0 atom stereocenters. The lowest BCUT2D eigenvalue weighted by atomic mass is 10.2. The summed E-state index contributed by atoms with van der Waals surface area (Å²) in [7, 11) is 2.06. The van der Waals surface area contributed by atoms with E-state index in [4.69, 9.17) is 4.42 Å². The van der Waals surface area contributed by atoms with Crippen molar-refractivity contribution in [2.45, 2.75) is 6.54 Å². The molecular formula is C15H11N4O+. The van der Waals surface area contributed by atoms with E-state index in [9.17, 15) is 0 Å². The molecule has 1 aliphatic heterocycles. The Labute approximate surface area is 114 Å². The highest BCUT2D eigenvalue weighted by atomic mass is 16.4. The van der Waals surface area contributed by atoms with Crippen LogP contribution in [0.3, 0.4) is 0 Å². The van der Waals surface area contributed by atoms with Crippen molar-refractivity contribution in [1.29, 1.82) is 0 Å². The Kier molecular flexibility index (Phi) is 1.65. The molecule has 5 rings (SSSR count). The van der Waals surface area contributed by atoms with Crippen LogP contribution in [0.1, 0.15) is 5.56 Å². The van der Waals surface area contributed by atoms with Crippen molar-refractivity contribution in [3.8, 4) is 11.5 Å². The fraction of sp³-hybridized carbons (Fsp3) is 0.133. The number of aryl methyl sites for hydroxylation is 1. The van der Waals surface area contributed by atoms with Crippen molar-refractivity contribution in [2.24, 2.45) is 7.05 Å². The van der Waals surface area contributed by atoms with Gasteiger partial charge in [-0.05, 0) is 18.2 Å². The summed E-state index contributed by atoms with van der Waals surface area (Å²) in [4.78, 5) is 8.81. The molecule has 0 bridgehead atoms. The van der Waals surface area contributed by atoms with Gasteiger partial charge in [0.15, 0.2) is 5.69 Å². The maximum atomic E-state index is 5.95. The van der Waals surface area contributed by atoms with Crippen molar-refractivity contribution in [2.75, 3.05) is 0 Å². The number of imidazole rings is 1. The first-order valence-corrected chi connectivity index (χ1v) is 6.54. The number of hydrogen-bond acceptors (Lipinski definition) is 3. The summed E-state index contributed by atoms with van der Waals surface area (Å²) in [5.74, 6) is 1.10. The lowest BCUT2D eigenvalue weighted by Gasteiger charge is -1.93. The number of hydrogen-bond donors (Lipinski definition) is 0. The zero-order valence-electron chi connectivity index (χ0n) is 10.9.